The number of nitrogens with one attached hydrogen (secondary N) is 1. The molecule has 32 heavy (non-hydrogen) atoms. The second-order valence-corrected chi connectivity index (χ2v) is 11.6. The average Bonchev–Trinajstić information content (AvgIpc) is 2.72. The van der Waals surface area contributed by atoms with Crippen LogP contribution in [0.1, 0.15) is 27.8 Å². The zero-order chi connectivity index (χ0) is 23.7. The van der Waals surface area contributed by atoms with Gasteiger partial charge in [0.1, 0.15) is 0 Å². The predicted octanol–water partition coefficient (Wildman–Crippen LogP) is 4.22. The number of nitrogens with zero attached hydrogens (tertiary/aromatic N) is 1. The van der Waals surface area contributed by atoms with Gasteiger partial charge in [-0.15, -0.1) is 0 Å². The zero-order valence-corrected chi connectivity index (χ0v) is 20.5. The van der Waals surface area contributed by atoms with Crippen LogP contribution in [0.2, 0.25) is 0 Å². The molecule has 0 fully saturated rings. The Balaban J connectivity index is 2.05. The van der Waals surface area contributed by atoms with Gasteiger partial charge in [0.05, 0.1) is 15.5 Å². The molecule has 0 amide bonds. The molecule has 0 heterocycles. The van der Waals surface area contributed by atoms with Gasteiger partial charge < -0.3 is 0 Å². The smallest absolute Gasteiger partial charge is 0.264 e. The fourth-order valence-corrected chi connectivity index (χ4v) is 6.69. The van der Waals surface area contributed by atoms with E-state index in [0.717, 1.165) is 15.4 Å². The lowest BCUT2D eigenvalue weighted by molar-refractivity contribution is 0.579. The van der Waals surface area contributed by atoms with Crippen molar-refractivity contribution in [2.75, 3.05) is 11.4 Å². The number of anilines is 1. The van der Waals surface area contributed by atoms with Gasteiger partial charge in [0.15, 0.2) is 0 Å². The molecule has 0 saturated carbocycles. The summed E-state index contributed by atoms with van der Waals surface area (Å²) in [6.07, 6.45) is 0. The van der Waals surface area contributed by atoms with Gasteiger partial charge in [0.2, 0.25) is 10.0 Å². The molecule has 0 saturated heterocycles. The molecule has 0 aromatic heterocycles. The molecule has 0 aliphatic rings. The summed E-state index contributed by atoms with van der Waals surface area (Å²) < 4.78 is 56.8. The highest BCUT2D eigenvalue weighted by molar-refractivity contribution is 7.92. The van der Waals surface area contributed by atoms with Gasteiger partial charge in [-0.3, -0.25) is 4.31 Å². The van der Waals surface area contributed by atoms with E-state index in [4.69, 9.17) is 0 Å². The summed E-state index contributed by atoms with van der Waals surface area (Å²) in [4.78, 5) is 0.247. The minimum atomic E-state index is -3.88. The number of sulfonamides is 2. The van der Waals surface area contributed by atoms with E-state index < -0.39 is 20.0 Å². The second kappa shape index (κ2) is 9.05. The van der Waals surface area contributed by atoms with Gasteiger partial charge in [0, 0.05) is 13.6 Å². The Bertz CT molecular complexity index is 1330. The molecule has 8 heteroatoms. The third-order valence-electron chi connectivity index (χ3n) is 5.43. The summed E-state index contributed by atoms with van der Waals surface area (Å²) >= 11 is 0. The quantitative estimate of drug-likeness (QED) is 0.558. The van der Waals surface area contributed by atoms with E-state index in [9.17, 15) is 16.8 Å². The fourth-order valence-electron chi connectivity index (χ4n) is 3.89. The van der Waals surface area contributed by atoms with E-state index in [-0.39, 0.29) is 16.3 Å². The van der Waals surface area contributed by atoms with Crippen LogP contribution in [-0.2, 0) is 26.6 Å². The van der Waals surface area contributed by atoms with Crippen molar-refractivity contribution in [3.8, 4) is 0 Å². The molecule has 0 spiro atoms. The summed E-state index contributed by atoms with van der Waals surface area (Å²) in [5.74, 6) is 0. The average molecular weight is 473 g/mol. The summed E-state index contributed by atoms with van der Waals surface area (Å²) in [5, 5.41) is 0. The topological polar surface area (TPSA) is 83.6 Å². The minimum Gasteiger partial charge on any atom is -0.269 e. The molecule has 6 nitrogen and oxygen atoms in total. The first-order valence-electron chi connectivity index (χ1n) is 10.1. The Morgan fingerprint density at radius 3 is 2.00 bits per heavy atom. The van der Waals surface area contributed by atoms with Gasteiger partial charge in [-0.2, -0.15) is 0 Å². The maximum Gasteiger partial charge on any atom is 0.264 e. The van der Waals surface area contributed by atoms with Crippen LogP contribution >= 0.6 is 0 Å². The summed E-state index contributed by atoms with van der Waals surface area (Å²) in [6.45, 7) is 7.17. The number of benzene rings is 3. The molecule has 170 valence electrons. The third-order valence-corrected chi connectivity index (χ3v) is 8.89. The zero-order valence-electron chi connectivity index (χ0n) is 18.9. The molecule has 3 aromatic carbocycles. The van der Waals surface area contributed by atoms with Crippen LogP contribution in [0, 0.1) is 27.7 Å². The molecule has 0 aliphatic carbocycles. The Kier molecular flexibility index (Phi) is 6.78. The SMILES string of the molecule is Cc1ccc(S(=O)(=O)N(C)c2c(C)cc(C)c(S(=O)(=O)NCc3ccccc3)c2C)cc1. The number of hydrogen-bond donors (Lipinski definition) is 1. The molecule has 1 N–H and O–H groups in total. The van der Waals surface area contributed by atoms with E-state index in [1.807, 2.05) is 37.3 Å². The third kappa shape index (κ3) is 4.72. The van der Waals surface area contributed by atoms with Crippen LogP contribution in [0.4, 0.5) is 5.69 Å². The lowest BCUT2D eigenvalue weighted by atomic mass is 10.1. The molecular formula is C24H28N2O4S2. The first-order chi connectivity index (χ1) is 14.9. The Labute approximate surface area is 191 Å². The van der Waals surface area contributed by atoms with Crippen LogP contribution in [-0.4, -0.2) is 23.9 Å². The summed E-state index contributed by atoms with van der Waals surface area (Å²) in [6, 6.07) is 17.5. The van der Waals surface area contributed by atoms with Crippen molar-refractivity contribution in [2.45, 2.75) is 44.0 Å². The lowest BCUT2D eigenvalue weighted by Gasteiger charge is -2.26. The number of rotatable bonds is 7. The lowest BCUT2D eigenvalue weighted by Crippen LogP contribution is -2.30. The van der Waals surface area contributed by atoms with Crippen molar-refractivity contribution in [3.63, 3.8) is 0 Å². The largest absolute Gasteiger partial charge is 0.269 e. The Morgan fingerprint density at radius 2 is 1.41 bits per heavy atom. The molecule has 0 bridgehead atoms. The maximum atomic E-state index is 13.3. The monoisotopic (exact) mass is 472 g/mol. The molecule has 0 radical (unpaired) electrons. The first kappa shape index (κ1) is 24.0. The van der Waals surface area contributed by atoms with Crippen molar-refractivity contribution in [1.29, 1.82) is 0 Å². The van der Waals surface area contributed by atoms with Crippen LogP contribution < -0.4 is 9.03 Å². The van der Waals surface area contributed by atoms with Gasteiger partial charge in [0.25, 0.3) is 10.0 Å². The molecule has 3 rings (SSSR count). The standard InChI is InChI=1S/C24H28N2O4S2/c1-17-11-13-22(14-12-17)32(29,30)26(5)23-18(2)15-19(3)24(20(23)4)31(27,28)25-16-21-9-7-6-8-10-21/h6-15,25H,16H2,1-5H3. The van der Waals surface area contributed by atoms with E-state index in [2.05, 4.69) is 4.72 Å². The highest BCUT2D eigenvalue weighted by Crippen LogP contribution is 2.35. The summed E-state index contributed by atoms with van der Waals surface area (Å²) in [7, 11) is -6.29. The normalized spacial score (nSPS) is 12.0. The van der Waals surface area contributed by atoms with Crippen LogP contribution in [0.15, 0.2) is 70.5 Å². The summed E-state index contributed by atoms with van der Waals surface area (Å²) in [5.41, 5.74) is 3.77. The fraction of sp³-hybridized carbons (Fsp3) is 0.250. The highest BCUT2D eigenvalue weighted by Gasteiger charge is 2.29. The van der Waals surface area contributed by atoms with Crippen molar-refractivity contribution >= 4 is 25.7 Å². The molecular weight excluding hydrogens is 444 g/mol. The number of hydrogen-bond acceptors (Lipinski definition) is 4. The van der Waals surface area contributed by atoms with Crippen LogP contribution in [0.25, 0.3) is 0 Å². The Morgan fingerprint density at radius 1 is 0.812 bits per heavy atom. The molecule has 0 atom stereocenters. The van der Waals surface area contributed by atoms with Crippen molar-refractivity contribution in [1.82, 2.24) is 4.72 Å². The van der Waals surface area contributed by atoms with E-state index >= 15 is 0 Å². The second-order valence-electron chi connectivity index (χ2n) is 7.91. The van der Waals surface area contributed by atoms with Crippen molar-refractivity contribution < 1.29 is 16.8 Å². The first-order valence-corrected chi connectivity index (χ1v) is 13.1. The van der Waals surface area contributed by atoms with Gasteiger partial charge >= 0.3 is 0 Å². The highest BCUT2D eigenvalue weighted by atomic mass is 32.2. The van der Waals surface area contributed by atoms with Crippen LogP contribution in [0.5, 0.6) is 0 Å². The molecule has 0 unspecified atom stereocenters. The molecule has 3 aromatic rings. The van der Waals surface area contributed by atoms with Gasteiger partial charge in [-0.25, -0.2) is 21.6 Å². The van der Waals surface area contributed by atoms with E-state index in [1.165, 1.54) is 7.05 Å². The van der Waals surface area contributed by atoms with Crippen molar-refractivity contribution in [2.24, 2.45) is 0 Å². The van der Waals surface area contributed by atoms with E-state index in [1.54, 1.807) is 51.1 Å². The molecule has 0 aliphatic heterocycles. The van der Waals surface area contributed by atoms with Crippen LogP contribution in [0.3, 0.4) is 0 Å². The number of aryl methyl sites for hydroxylation is 3. The predicted molar refractivity (Wildman–Crippen MR) is 128 cm³/mol. The van der Waals surface area contributed by atoms with Gasteiger partial charge in [-0.1, -0.05) is 54.1 Å². The van der Waals surface area contributed by atoms with Gasteiger partial charge in [-0.05, 0) is 62.1 Å². The minimum absolute atomic E-state index is 0.0972. The van der Waals surface area contributed by atoms with E-state index in [0.29, 0.717) is 22.4 Å². The Hall–Kier alpha value is -2.68. The maximum absolute atomic E-state index is 13.3. The van der Waals surface area contributed by atoms with Crippen molar-refractivity contribution in [3.05, 3.63) is 88.5 Å².